The number of hydrogen-bond acceptors (Lipinski definition) is 2. The van der Waals surface area contributed by atoms with Gasteiger partial charge in [0.15, 0.2) is 5.58 Å². The van der Waals surface area contributed by atoms with Gasteiger partial charge in [0.2, 0.25) is 0 Å². The minimum absolute atomic E-state index is 0.0368. The lowest BCUT2D eigenvalue weighted by Gasteiger charge is -2.23. The van der Waals surface area contributed by atoms with Crippen molar-refractivity contribution in [3.63, 3.8) is 0 Å². The zero-order valence-corrected chi connectivity index (χ0v) is 19.2. The van der Waals surface area contributed by atoms with Crippen LogP contribution in [0.1, 0.15) is 71.8 Å². The average Bonchev–Trinajstić information content (AvgIpc) is 3.14. The number of aromatic nitrogens is 1. The minimum atomic E-state index is 0.0368. The summed E-state index contributed by atoms with van der Waals surface area (Å²) in [4.78, 5) is 4.82. The van der Waals surface area contributed by atoms with E-state index >= 15 is 0 Å². The molecule has 0 saturated carbocycles. The molecule has 2 heterocycles. The summed E-state index contributed by atoms with van der Waals surface area (Å²) in [6.45, 7) is 16.1. The van der Waals surface area contributed by atoms with E-state index in [0.717, 1.165) is 29.0 Å². The van der Waals surface area contributed by atoms with Crippen molar-refractivity contribution in [2.24, 2.45) is 0 Å². The molecule has 0 radical (unpaired) electrons. The lowest BCUT2D eigenvalue weighted by molar-refractivity contribution is 0.362. The normalized spacial score (nSPS) is 17.6. The van der Waals surface area contributed by atoms with Crippen LogP contribution in [0.2, 0.25) is 0 Å². The Labute approximate surface area is 179 Å². The number of nitrogens with zero attached hydrogens (tertiary/aromatic N) is 1. The van der Waals surface area contributed by atoms with Gasteiger partial charge in [-0.25, -0.2) is 0 Å². The molecule has 2 aromatic heterocycles. The van der Waals surface area contributed by atoms with E-state index in [2.05, 4.69) is 90.9 Å². The quantitative estimate of drug-likeness (QED) is 0.326. The highest BCUT2D eigenvalue weighted by Gasteiger charge is 2.46. The lowest BCUT2D eigenvalue weighted by atomic mass is 9.81. The topological polar surface area (TPSA) is 26.0 Å². The van der Waals surface area contributed by atoms with E-state index in [4.69, 9.17) is 9.40 Å². The SMILES string of the molecule is CC(C)(C)c1cc(-c2nccc3c4c(oc23)C(C)(C)CC4(C)C)cc2ccccc12. The predicted molar refractivity (Wildman–Crippen MR) is 126 cm³/mol. The first-order valence-electron chi connectivity index (χ1n) is 11.0. The maximum Gasteiger partial charge on any atom is 0.160 e. The molecule has 0 unspecified atom stereocenters. The van der Waals surface area contributed by atoms with Gasteiger partial charge in [-0.05, 0) is 51.8 Å². The molecule has 2 nitrogen and oxygen atoms in total. The van der Waals surface area contributed by atoms with Crippen LogP contribution in [0.15, 0.2) is 53.1 Å². The smallest absolute Gasteiger partial charge is 0.160 e. The Hall–Kier alpha value is -2.61. The second-order valence-corrected chi connectivity index (χ2v) is 11.3. The van der Waals surface area contributed by atoms with Crippen LogP contribution in [-0.2, 0) is 16.2 Å². The lowest BCUT2D eigenvalue weighted by Crippen LogP contribution is -2.18. The molecule has 0 amide bonds. The van der Waals surface area contributed by atoms with Crippen molar-refractivity contribution in [3.8, 4) is 11.3 Å². The Morgan fingerprint density at radius 1 is 0.900 bits per heavy atom. The largest absolute Gasteiger partial charge is 0.458 e. The summed E-state index contributed by atoms with van der Waals surface area (Å²) in [5, 5.41) is 3.78. The number of rotatable bonds is 1. The summed E-state index contributed by atoms with van der Waals surface area (Å²) in [6, 6.07) is 15.4. The molecular formula is C28H31NO. The third-order valence-electron chi connectivity index (χ3n) is 6.72. The molecule has 2 aromatic carbocycles. The summed E-state index contributed by atoms with van der Waals surface area (Å²) in [7, 11) is 0. The Kier molecular flexibility index (Phi) is 3.85. The molecule has 0 spiro atoms. The van der Waals surface area contributed by atoms with Crippen LogP contribution >= 0.6 is 0 Å². The standard InChI is InChI=1S/C28H31NO/c1-26(2,3)21-15-18(14-17-10-8-9-11-19(17)21)23-24-20(12-13-29-23)22-25(30-24)28(6,7)16-27(22,4)5/h8-15H,16H2,1-7H3. The van der Waals surface area contributed by atoms with Gasteiger partial charge >= 0.3 is 0 Å². The fourth-order valence-corrected chi connectivity index (χ4v) is 5.72. The summed E-state index contributed by atoms with van der Waals surface area (Å²) in [5.41, 5.74) is 5.89. The summed E-state index contributed by atoms with van der Waals surface area (Å²) < 4.78 is 6.62. The predicted octanol–water partition coefficient (Wildman–Crippen LogP) is 7.90. The minimum Gasteiger partial charge on any atom is -0.458 e. The first-order valence-corrected chi connectivity index (χ1v) is 11.0. The van der Waals surface area contributed by atoms with Crippen molar-refractivity contribution in [2.45, 2.75) is 71.1 Å². The third kappa shape index (κ3) is 2.73. The zero-order valence-electron chi connectivity index (χ0n) is 19.2. The Bertz CT molecular complexity index is 1300. The number of furan rings is 1. The molecule has 4 aromatic rings. The maximum atomic E-state index is 6.62. The molecule has 1 aliphatic rings. The molecule has 1 aliphatic carbocycles. The summed E-state index contributed by atoms with van der Waals surface area (Å²) in [5.74, 6) is 1.13. The highest BCUT2D eigenvalue weighted by molar-refractivity contribution is 5.98. The fraction of sp³-hybridized carbons (Fsp3) is 0.393. The van der Waals surface area contributed by atoms with Gasteiger partial charge in [0.25, 0.3) is 0 Å². The van der Waals surface area contributed by atoms with E-state index in [-0.39, 0.29) is 16.2 Å². The van der Waals surface area contributed by atoms with E-state index in [1.165, 1.54) is 27.3 Å². The zero-order chi connectivity index (χ0) is 21.5. The number of hydrogen-bond donors (Lipinski definition) is 0. The summed E-state index contributed by atoms with van der Waals surface area (Å²) >= 11 is 0. The number of pyridine rings is 1. The molecule has 2 heteroatoms. The Morgan fingerprint density at radius 2 is 1.63 bits per heavy atom. The average molecular weight is 398 g/mol. The first-order chi connectivity index (χ1) is 14.0. The summed E-state index contributed by atoms with van der Waals surface area (Å²) in [6.07, 6.45) is 3.05. The monoisotopic (exact) mass is 397 g/mol. The van der Waals surface area contributed by atoms with Crippen molar-refractivity contribution in [3.05, 3.63) is 65.5 Å². The van der Waals surface area contributed by atoms with Crippen molar-refractivity contribution in [1.29, 1.82) is 0 Å². The molecule has 30 heavy (non-hydrogen) atoms. The second kappa shape index (κ2) is 5.97. The van der Waals surface area contributed by atoms with E-state index in [1.807, 2.05) is 6.20 Å². The van der Waals surface area contributed by atoms with Gasteiger partial charge in [0.1, 0.15) is 11.5 Å². The molecule has 0 fully saturated rings. The van der Waals surface area contributed by atoms with E-state index in [0.29, 0.717) is 0 Å². The van der Waals surface area contributed by atoms with E-state index in [9.17, 15) is 0 Å². The molecule has 0 atom stereocenters. The molecule has 0 N–H and O–H groups in total. The van der Waals surface area contributed by atoms with Crippen molar-refractivity contribution in [2.75, 3.05) is 0 Å². The van der Waals surface area contributed by atoms with Gasteiger partial charge in [0.05, 0.1) is 0 Å². The third-order valence-corrected chi connectivity index (χ3v) is 6.72. The van der Waals surface area contributed by atoms with Gasteiger partial charge in [-0.3, -0.25) is 4.98 Å². The molecular weight excluding hydrogens is 366 g/mol. The van der Waals surface area contributed by atoms with Gasteiger partial charge in [-0.15, -0.1) is 0 Å². The molecule has 154 valence electrons. The van der Waals surface area contributed by atoms with Crippen LogP contribution in [0.5, 0.6) is 0 Å². The molecule has 0 bridgehead atoms. The van der Waals surface area contributed by atoms with E-state index in [1.54, 1.807) is 0 Å². The molecule has 0 saturated heterocycles. The van der Waals surface area contributed by atoms with Gasteiger partial charge in [-0.2, -0.15) is 0 Å². The van der Waals surface area contributed by atoms with Crippen molar-refractivity contribution >= 4 is 21.7 Å². The van der Waals surface area contributed by atoms with Crippen molar-refractivity contribution in [1.82, 2.24) is 4.98 Å². The highest BCUT2D eigenvalue weighted by Crippen LogP contribution is 2.54. The highest BCUT2D eigenvalue weighted by atomic mass is 16.3. The van der Waals surface area contributed by atoms with Gasteiger partial charge in [-0.1, -0.05) is 72.7 Å². The van der Waals surface area contributed by atoms with Crippen molar-refractivity contribution < 1.29 is 4.42 Å². The van der Waals surface area contributed by atoms with Crippen LogP contribution in [0.4, 0.5) is 0 Å². The fourth-order valence-electron chi connectivity index (χ4n) is 5.72. The van der Waals surface area contributed by atoms with Crippen LogP contribution in [0, 0.1) is 0 Å². The number of fused-ring (bicyclic) bond motifs is 4. The Balaban J connectivity index is 1.83. The van der Waals surface area contributed by atoms with Gasteiger partial charge in [0, 0.05) is 28.1 Å². The van der Waals surface area contributed by atoms with Crippen LogP contribution < -0.4 is 0 Å². The second-order valence-electron chi connectivity index (χ2n) is 11.3. The first kappa shape index (κ1) is 19.4. The van der Waals surface area contributed by atoms with Gasteiger partial charge < -0.3 is 4.42 Å². The molecule has 0 aliphatic heterocycles. The molecule has 5 rings (SSSR count). The van der Waals surface area contributed by atoms with Crippen LogP contribution in [0.25, 0.3) is 33.0 Å². The Morgan fingerprint density at radius 3 is 2.37 bits per heavy atom. The van der Waals surface area contributed by atoms with E-state index < -0.39 is 0 Å². The van der Waals surface area contributed by atoms with Crippen LogP contribution in [-0.4, -0.2) is 4.98 Å². The maximum absolute atomic E-state index is 6.62. The number of benzene rings is 2. The van der Waals surface area contributed by atoms with Crippen LogP contribution in [0.3, 0.4) is 0 Å².